The average molecular weight is 356 g/mol. The molecule has 0 bridgehead atoms. The molecule has 0 atom stereocenters. The summed E-state index contributed by atoms with van der Waals surface area (Å²) in [5.41, 5.74) is 0.624. The number of hydrogen-bond donors (Lipinski definition) is 0. The Bertz CT molecular complexity index is 302. The van der Waals surface area contributed by atoms with Crippen LogP contribution in [-0.4, -0.2) is 73.6 Å². The maximum absolute atomic E-state index is 2.71. The van der Waals surface area contributed by atoms with E-state index in [9.17, 15) is 0 Å². The van der Waals surface area contributed by atoms with Gasteiger partial charge in [-0.25, -0.2) is 0 Å². The van der Waals surface area contributed by atoms with E-state index in [2.05, 4.69) is 49.4 Å². The average Bonchev–Trinajstić information content (AvgIpc) is 2.62. The molecule has 0 aromatic heterocycles. The fourth-order valence-electron chi connectivity index (χ4n) is 4.02. The minimum absolute atomic E-state index is 0.624. The quantitative estimate of drug-likeness (QED) is 0.648. The van der Waals surface area contributed by atoms with Gasteiger partial charge in [0, 0.05) is 38.8 Å². The van der Waals surface area contributed by atoms with Crippen molar-refractivity contribution in [1.82, 2.24) is 14.7 Å². The van der Waals surface area contributed by atoms with Gasteiger partial charge in [-0.2, -0.15) is 0 Å². The summed E-state index contributed by atoms with van der Waals surface area (Å²) in [5, 5.41) is 0. The molecule has 1 saturated carbocycles. The van der Waals surface area contributed by atoms with Crippen molar-refractivity contribution in [1.29, 1.82) is 0 Å². The summed E-state index contributed by atoms with van der Waals surface area (Å²) >= 11 is 0. The molecule has 0 aromatic rings. The smallest absolute Gasteiger partial charge is 0.0110 e. The molecule has 1 heterocycles. The first-order valence-corrected chi connectivity index (χ1v) is 11.1. The van der Waals surface area contributed by atoms with Crippen molar-refractivity contribution >= 4 is 0 Å². The van der Waals surface area contributed by atoms with Crippen LogP contribution in [0.15, 0.2) is 0 Å². The number of nitrogens with zero attached hydrogens (tertiary/aromatic N) is 3. The second-order valence-electron chi connectivity index (χ2n) is 8.14. The molecule has 1 aliphatic carbocycles. The number of likely N-dealkylation sites (N-methyl/N-ethyl adjacent to an activating group) is 1. The molecule has 0 unspecified atom stereocenters. The first kappa shape index (κ1) is 24.9. The lowest BCUT2D eigenvalue weighted by molar-refractivity contribution is 0.0169. The molecule has 1 saturated heterocycles. The Labute approximate surface area is 160 Å². The van der Waals surface area contributed by atoms with Gasteiger partial charge >= 0.3 is 0 Å². The Morgan fingerprint density at radius 1 is 0.960 bits per heavy atom. The number of rotatable bonds is 7. The highest BCUT2D eigenvalue weighted by atomic mass is 15.3. The molecule has 2 aliphatic rings. The van der Waals surface area contributed by atoms with Crippen molar-refractivity contribution in [3.8, 4) is 0 Å². The van der Waals surface area contributed by atoms with Crippen LogP contribution in [0.3, 0.4) is 0 Å². The molecule has 0 amide bonds. The van der Waals surface area contributed by atoms with Crippen LogP contribution in [0.25, 0.3) is 0 Å². The van der Waals surface area contributed by atoms with E-state index in [1.54, 1.807) is 0 Å². The molecule has 152 valence electrons. The lowest BCUT2D eigenvalue weighted by atomic mass is 9.61. The monoisotopic (exact) mass is 355 g/mol. The zero-order valence-electron chi connectivity index (χ0n) is 19.1. The first-order valence-electron chi connectivity index (χ1n) is 11.1. The molecule has 2 rings (SSSR count). The topological polar surface area (TPSA) is 9.72 Å². The second kappa shape index (κ2) is 13.1. The van der Waals surface area contributed by atoms with Crippen LogP contribution in [0, 0.1) is 11.3 Å². The van der Waals surface area contributed by atoms with E-state index in [1.165, 1.54) is 65.1 Å². The number of piperazine rings is 1. The van der Waals surface area contributed by atoms with Gasteiger partial charge in [0.1, 0.15) is 0 Å². The molecule has 3 nitrogen and oxygen atoms in total. The zero-order valence-corrected chi connectivity index (χ0v) is 19.1. The molecule has 0 spiro atoms. The Morgan fingerprint density at radius 3 is 1.88 bits per heavy atom. The van der Waals surface area contributed by atoms with Gasteiger partial charge < -0.3 is 14.7 Å². The summed E-state index contributed by atoms with van der Waals surface area (Å²) in [6.45, 7) is 26.3. The molecular formula is C22H49N3. The van der Waals surface area contributed by atoms with E-state index >= 15 is 0 Å². The highest BCUT2D eigenvalue weighted by Gasteiger charge is 2.40. The summed E-state index contributed by atoms with van der Waals surface area (Å²) in [7, 11) is 2.26. The van der Waals surface area contributed by atoms with Crippen molar-refractivity contribution in [2.75, 3.05) is 52.9 Å². The van der Waals surface area contributed by atoms with Crippen LogP contribution in [0.1, 0.15) is 74.7 Å². The first-order chi connectivity index (χ1) is 11.9. The lowest BCUT2D eigenvalue weighted by Gasteiger charge is -2.48. The summed E-state index contributed by atoms with van der Waals surface area (Å²) < 4.78 is 0. The van der Waals surface area contributed by atoms with E-state index in [-0.39, 0.29) is 0 Å². The summed E-state index contributed by atoms with van der Waals surface area (Å²) in [6, 6.07) is 0.680. The van der Waals surface area contributed by atoms with Crippen LogP contribution < -0.4 is 0 Å². The number of hydrogen-bond acceptors (Lipinski definition) is 3. The van der Waals surface area contributed by atoms with E-state index in [1.807, 2.05) is 27.7 Å². The van der Waals surface area contributed by atoms with Crippen LogP contribution in [0.2, 0.25) is 0 Å². The maximum atomic E-state index is 2.71. The van der Waals surface area contributed by atoms with Crippen molar-refractivity contribution in [3.63, 3.8) is 0 Å². The Morgan fingerprint density at radius 2 is 1.44 bits per heavy atom. The second-order valence-corrected chi connectivity index (χ2v) is 8.14. The van der Waals surface area contributed by atoms with Crippen molar-refractivity contribution in [3.05, 3.63) is 0 Å². The lowest BCUT2D eigenvalue weighted by Crippen LogP contribution is -2.50. The van der Waals surface area contributed by atoms with Gasteiger partial charge in [-0.1, -0.05) is 41.5 Å². The standard InChI is InChI=1S/C18H37N3.2C2H6/c1-6-20-9-11-21(12-10-20)15-17-13-18(4,14-17)7-8-19(5)16(2)3;2*1-2/h16-17H,6-15H2,1-5H3;2*1-2H3. The third kappa shape index (κ3) is 8.88. The molecule has 1 aliphatic heterocycles. The third-order valence-electron chi connectivity index (χ3n) is 5.94. The van der Waals surface area contributed by atoms with Gasteiger partial charge in [-0.3, -0.25) is 0 Å². The van der Waals surface area contributed by atoms with E-state index < -0.39 is 0 Å². The van der Waals surface area contributed by atoms with Gasteiger partial charge in [0.25, 0.3) is 0 Å². The summed E-state index contributed by atoms with van der Waals surface area (Å²) in [5.74, 6) is 0.965. The molecule has 0 aromatic carbocycles. The Balaban J connectivity index is 0.00000134. The Kier molecular flexibility index (Phi) is 13.0. The predicted octanol–water partition coefficient (Wildman–Crippen LogP) is 4.82. The summed E-state index contributed by atoms with van der Waals surface area (Å²) in [6.07, 6.45) is 4.28. The molecular weight excluding hydrogens is 306 g/mol. The summed E-state index contributed by atoms with van der Waals surface area (Å²) in [4.78, 5) is 7.77. The SMILES string of the molecule is CC.CC.CCN1CCN(CC2CC(C)(CCN(C)C(C)C)C2)CC1. The molecule has 0 N–H and O–H groups in total. The van der Waals surface area contributed by atoms with Crippen molar-refractivity contribution in [2.24, 2.45) is 11.3 Å². The van der Waals surface area contributed by atoms with E-state index in [0.29, 0.717) is 11.5 Å². The Hall–Kier alpha value is -0.120. The van der Waals surface area contributed by atoms with Gasteiger partial charge in [-0.05, 0) is 64.6 Å². The van der Waals surface area contributed by atoms with Gasteiger partial charge in [0.15, 0.2) is 0 Å². The minimum Gasteiger partial charge on any atom is -0.304 e. The van der Waals surface area contributed by atoms with E-state index in [4.69, 9.17) is 0 Å². The van der Waals surface area contributed by atoms with Gasteiger partial charge in [-0.15, -0.1) is 0 Å². The zero-order chi connectivity index (χ0) is 19.5. The molecule has 2 fully saturated rings. The van der Waals surface area contributed by atoms with Crippen LogP contribution in [-0.2, 0) is 0 Å². The fraction of sp³-hybridized carbons (Fsp3) is 1.00. The molecule has 0 radical (unpaired) electrons. The van der Waals surface area contributed by atoms with E-state index in [0.717, 1.165) is 5.92 Å². The van der Waals surface area contributed by atoms with Crippen LogP contribution in [0.4, 0.5) is 0 Å². The molecule has 25 heavy (non-hydrogen) atoms. The fourth-order valence-corrected chi connectivity index (χ4v) is 4.02. The minimum atomic E-state index is 0.624. The largest absolute Gasteiger partial charge is 0.304 e. The predicted molar refractivity (Wildman–Crippen MR) is 114 cm³/mol. The van der Waals surface area contributed by atoms with Gasteiger partial charge in [0.05, 0.1) is 0 Å². The third-order valence-corrected chi connectivity index (χ3v) is 5.94. The van der Waals surface area contributed by atoms with Crippen LogP contribution >= 0.6 is 0 Å². The van der Waals surface area contributed by atoms with Gasteiger partial charge in [0.2, 0.25) is 0 Å². The highest BCUT2D eigenvalue weighted by molar-refractivity contribution is 4.92. The van der Waals surface area contributed by atoms with Crippen molar-refractivity contribution in [2.45, 2.75) is 80.7 Å². The maximum Gasteiger partial charge on any atom is 0.0110 e. The van der Waals surface area contributed by atoms with Crippen LogP contribution in [0.5, 0.6) is 0 Å². The molecule has 3 heteroatoms. The van der Waals surface area contributed by atoms with Crippen molar-refractivity contribution < 1.29 is 0 Å². The highest BCUT2D eigenvalue weighted by Crippen LogP contribution is 2.48. The normalized spacial score (nSPS) is 27.2.